The molecule has 4 nitrogen and oxygen atoms in total. The Hall–Kier alpha value is -0.900. The molecule has 1 saturated heterocycles. The van der Waals surface area contributed by atoms with E-state index in [0.717, 1.165) is 24.8 Å². The van der Waals surface area contributed by atoms with Crippen molar-refractivity contribution in [3.63, 3.8) is 0 Å². The molecule has 1 N–H and O–H groups in total. The zero-order valence-electron chi connectivity index (χ0n) is 6.79. The second-order valence-electron chi connectivity index (χ2n) is 3.62. The molecule has 1 aromatic heterocycles. The summed E-state index contributed by atoms with van der Waals surface area (Å²) in [6.07, 6.45) is 2.45. The lowest BCUT2D eigenvalue weighted by atomic mass is 10.0. The second-order valence-corrected chi connectivity index (χ2v) is 3.62. The van der Waals surface area contributed by atoms with Crippen LogP contribution in [-0.2, 0) is 0 Å². The van der Waals surface area contributed by atoms with Gasteiger partial charge in [0.15, 0.2) is 5.82 Å². The van der Waals surface area contributed by atoms with Gasteiger partial charge in [-0.05, 0) is 12.8 Å². The van der Waals surface area contributed by atoms with Crippen molar-refractivity contribution in [1.29, 1.82) is 0 Å². The van der Waals surface area contributed by atoms with Crippen molar-refractivity contribution >= 4 is 0 Å². The molecule has 0 unspecified atom stereocenters. The van der Waals surface area contributed by atoms with Crippen molar-refractivity contribution in [1.82, 2.24) is 15.5 Å². The van der Waals surface area contributed by atoms with E-state index >= 15 is 0 Å². The van der Waals surface area contributed by atoms with Crippen LogP contribution in [0.5, 0.6) is 0 Å². The molecule has 0 atom stereocenters. The number of nitrogens with zero attached hydrogens (tertiary/aromatic N) is 2. The summed E-state index contributed by atoms with van der Waals surface area (Å²) in [5.41, 5.74) is 0. The molecule has 1 aliphatic heterocycles. The average molecular weight is 165 g/mol. The van der Waals surface area contributed by atoms with Gasteiger partial charge in [0.25, 0.3) is 0 Å². The molecule has 3 rings (SSSR count). The van der Waals surface area contributed by atoms with Crippen LogP contribution in [0.2, 0.25) is 0 Å². The van der Waals surface area contributed by atoms with E-state index in [1.807, 2.05) is 0 Å². The molecule has 2 aliphatic rings. The van der Waals surface area contributed by atoms with E-state index in [1.165, 1.54) is 12.8 Å². The summed E-state index contributed by atoms with van der Waals surface area (Å²) in [6, 6.07) is 0. The summed E-state index contributed by atoms with van der Waals surface area (Å²) in [7, 11) is 0. The van der Waals surface area contributed by atoms with E-state index in [1.54, 1.807) is 0 Å². The Kier molecular flexibility index (Phi) is 1.26. The first-order valence-electron chi connectivity index (χ1n) is 4.47. The molecule has 0 bridgehead atoms. The van der Waals surface area contributed by atoms with E-state index in [4.69, 9.17) is 4.52 Å². The highest BCUT2D eigenvalue weighted by Gasteiger charge is 2.31. The monoisotopic (exact) mass is 165 g/mol. The number of rotatable bonds is 2. The van der Waals surface area contributed by atoms with Gasteiger partial charge in [-0.25, -0.2) is 0 Å². The minimum atomic E-state index is 0.501. The molecule has 1 saturated carbocycles. The maximum atomic E-state index is 5.16. The first-order chi connectivity index (χ1) is 5.93. The predicted molar refractivity (Wildman–Crippen MR) is 41.9 cm³/mol. The van der Waals surface area contributed by atoms with Crippen LogP contribution in [-0.4, -0.2) is 23.2 Å². The maximum Gasteiger partial charge on any atom is 0.229 e. The van der Waals surface area contributed by atoms with Crippen LogP contribution < -0.4 is 5.32 Å². The van der Waals surface area contributed by atoms with Crippen molar-refractivity contribution in [3.8, 4) is 0 Å². The SMILES string of the molecule is C1NCC1c1noc(C2CC2)n1. The van der Waals surface area contributed by atoms with Crippen molar-refractivity contribution < 1.29 is 4.52 Å². The number of hydrogen-bond acceptors (Lipinski definition) is 4. The Morgan fingerprint density at radius 2 is 2.08 bits per heavy atom. The molecule has 64 valence electrons. The van der Waals surface area contributed by atoms with Crippen LogP contribution in [0.3, 0.4) is 0 Å². The van der Waals surface area contributed by atoms with E-state index in [0.29, 0.717) is 11.8 Å². The Bertz CT molecular complexity index is 288. The zero-order chi connectivity index (χ0) is 7.97. The van der Waals surface area contributed by atoms with Crippen LogP contribution in [0, 0.1) is 0 Å². The molecular formula is C8H11N3O. The Balaban J connectivity index is 1.81. The largest absolute Gasteiger partial charge is 0.339 e. The van der Waals surface area contributed by atoms with Crippen molar-refractivity contribution in [2.45, 2.75) is 24.7 Å². The maximum absolute atomic E-state index is 5.16. The zero-order valence-corrected chi connectivity index (χ0v) is 6.79. The normalized spacial score (nSPS) is 24.0. The van der Waals surface area contributed by atoms with Gasteiger partial charge in [-0.1, -0.05) is 5.16 Å². The lowest BCUT2D eigenvalue weighted by Gasteiger charge is -2.23. The fourth-order valence-corrected chi connectivity index (χ4v) is 1.38. The van der Waals surface area contributed by atoms with Crippen LogP contribution in [0.1, 0.15) is 36.4 Å². The summed E-state index contributed by atoms with van der Waals surface area (Å²) in [5, 5.41) is 7.17. The fraction of sp³-hybridized carbons (Fsp3) is 0.750. The summed E-state index contributed by atoms with van der Waals surface area (Å²) < 4.78 is 5.16. The van der Waals surface area contributed by atoms with E-state index in [-0.39, 0.29) is 0 Å². The average Bonchev–Trinajstić information content (AvgIpc) is 2.70. The number of nitrogens with one attached hydrogen (secondary N) is 1. The highest BCUT2D eigenvalue weighted by Crippen LogP contribution is 2.39. The molecule has 12 heavy (non-hydrogen) atoms. The van der Waals surface area contributed by atoms with Gasteiger partial charge >= 0.3 is 0 Å². The first kappa shape index (κ1) is 6.60. The summed E-state index contributed by atoms with van der Waals surface area (Å²) >= 11 is 0. The first-order valence-corrected chi connectivity index (χ1v) is 4.47. The topological polar surface area (TPSA) is 51.0 Å². The molecule has 1 aliphatic carbocycles. The van der Waals surface area contributed by atoms with Gasteiger partial charge in [-0.15, -0.1) is 0 Å². The minimum Gasteiger partial charge on any atom is -0.339 e. The number of aromatic nitrogens is 2. The van der Waals surface area contributed by atoms with Crippen LogP contribution in [0.15, 0.2) is 4.52 Å². The smallest absolute Gasteiger partial charge is 0.229 e. The van der Waals surface area contributed by atoms with E-state index in [9.17, 15) is 0 Å². The summed E-state index contributed by atoms with van der Waals surface area (Å²) in [6.45, 7) is 2.01. The van der Waals surface area contributed by atoms with Gasteiger partial charge in [0.1, 0.15) is 0 Å². The predicted octanol–water partition coefficient (Wildman–Crippen LogP) is 0.634. The van der Waals surface area contributed by atoms with Gasteiger partial charge in [0, 0.05) is 24.9 Å². The fourth-order valence-electron chi connectivity index (χ4n) is 1.38. The molecular weight excluding hydrogens is 154 g/mol. The second kappa shape index (κ2) is 2.29. The third-order valence-electron chi connectivity index (χ3n) is 2.53. The summed E-state index contributed by atoms with van der Waals surface area (Å²) in [4.78, 5) is 4.38. The van der Waals surface area contributed by atoms with Crippen molar-refractivity contribution in [2.24, 2.45) is 0 Å². The van der Waals surface area contributed by atoms with Crippen LogP contribution >= 0.6 is 0 Å². The van der Waals surface area contributed by atoms with Gasteiger partial charge < -0.3 is 9.84 Å². The minimum absolute atomic E-state index is 0.501. The van der Waals surface area contributed by atoms with E-state index < -0.39 is 0 Å². The quantitative estimate of drug-likeness (QED) is 0.698. The molecule has 0 amide bonds. The molecule has 0 spiro atoms. The molecule has 4 heteroatoms. The van der Waals surface area contributed by atoms with Gasteiger partial charge in [0.05, 0.1) is 0 Å². The third-order valence-corrected chi connectivity index (χ3v) is 2.53. The molecule has 2 heterocycles. The standard InChI is InChI=1S/C8H11N3O/c1-2-5(1)8-10-7(11-12-8)6-3-9-4-6/h5-6,9H,1-4H2. The van der Waals surface area contributed by atoms with E-state index in [2.05, 4.69) is 15.5 Å². The van der Waals surface area contributed by atoms with Crippen LogP contribution in [0.25, 0.3) is 0 Å². The van der Waals surface area contributed by atoms with Gasteiger partial charge in [-0.2, -0.15) is 4.98 Å². The summed E-state index contributed by atoms with van der Waals surface area (Å²) in [5.74, 6) is 2.84. The Morgan fingerprint density at radius 1 is 1.25 bits per heavy atom. The highest BCUT2D eigenvalue weighted by molar-refractivity contribution is 5.07. The van der Waals surface area contributed by atoms with Crippen molar-refractivity contribution in [3.05, 3.63) is 11.7 Å². The lowest BCUT2D eigenvalue weighted by Crippen LogP contribution is -2.40. The third kappa shape index (κ3) is 0.948. The highest BCUT2D eigenvalue weighted by atomic mass is 16.5. The van der Waals surface area contributed by atoms with Gasteiger partial charge in [0.2, 0.25) is 5.89 Å². The number of hydrogen-bond donors (Lipinski definition) is 1. The lowest BCUT2D eigenvalue weighted by molar-refractivity contribution is 0.356. The van der Waals surface area contributed by atoms with Gasteiger partial charge in [-0.3, -0.25) is 0 Å². The Labute approximate surface area is 70.3 Å². The molecule has 1 aromatic rings. The molecule has 2 fully saturated rings. The molecule has 0 aromatic carbocycles. The van der Waals surface area contributed by atoms with Crippen molar-refractivity contribution in [2.75, 3.05) is 13.1 Å². The Morgan fingerprint density at radius 3 is 2.67 bits per heavy atom. The van der Waals surface area contributed by atoms with Crippen LogP contribution in [0.4, 0.5) is 0 Å². The molecule has 0 radical (unpaired) electrons.